The average molecular weight is 359 g/mol. The van der Waals surface area contributed by atoms with Crippen molar-refractivity contribution in [3.05, 3.63) is 29.8 Å². The van der Waals surface area contributed by atoms with Gasteiger partial charge in [-0.15, -0.1) is 0 Å². The molecular formula is C20H29N3O3. The molecule has 0 spiro atoms. The molecule has 1 unspecified atom stereocenters. The van der Waals surface area contributed by atoms with Gasteiger partial charge in [0.15, 0.2) is 0 Å². The fourth-order valence-corrected chi connectivity index (χ4v) is 4.07. The minimum Gasteiger partial charge on any atom is -0.376 e. The van der Waals surface area contributed by atoms with E-state index in [4.69, 9.17) is 10.5 Å². The summed E-state index contributed by atoms with van der Waals surface area (Å²) in [7, 11) is 1.65. The molecule has 1 aromatic carbocycles. The van der Waals surface area contributed by atoms with Crippen LogP contribution in [0.25, 0.3) is 0 Å². The molecule has 2 saturated heterocycles. The van der Waals surface area contributed by atoms with Crippen molar-refractivity contribution in [1.29, 1.82) is 0 Å². The lowest BCUT2D eigenvalue weighted by Crippen LogP contribution is -2.51. The summed E-state index contributed by atoms with van der Waals surface area (Å²) in [5, 5.41) is 0. The van der Waals surface area contributed by atoms with Gasteiger partial charge in [-0.1, -0.05) is 0 Å². The van der Waals surface area contributed by atoms with E-state index < -0.39 is 5.60 Å². The van der Waals surface area contributed by atoms with E-state index in [2.05, 4.69) is 4.90 Å². The standard InChI is InChI=1S/C20H29N3O3/c1-26-20(11-9-18(21)24)10-4-14-23(15-20)19(25)16-5-7-17(8-6-16)22-12-2-3-13-22/h5-8H,2-4,9-15H2,1H3,(H2,21,24). The fourth-order valence-electron chi connectivity index (χ4n) is 4.07. The van der Waals surface area contributed by atoms with Crippen molar-refractivity contribution in [2.45, 2.75) is 44.1 Å². The lowest BCUT2D eigenvalue weighted by atomic mass is 9.87. The molecule has 3 rings (SSSR count). The largest absolute Gasteiger partial charge is 0.376 e. The number of rotatable bonds is 6. The van der Waals surface area contributed by atoms with Crippen LogP contribution in [0, 0.1) is 0 Å². The van der Waals surface area contributed by atoms with Gasteiger partial charge in [-0.25, -0.2) is 0 Å². The van der Waals surface area contributed by atoms with E-state index in [0.717, 1.165) is 25.9 Å². The topological polar surface area (TPSA) is 75.9 Å². The van der Waals surface area contributed by atoms with E-state index in [1.54, 1.807) is 7.11 Å². The van der Waals surface area contributed by atoms with Crippen LogP contribution in [0.1, 0.15) is 48.9 Å². The quantitative estimate of drug-likeness (QED) is 0.845. The molecule has 2 heterocycles. The summed E-state index contributed by atoms with van der Waals surface area (Å²) in [4.78, 5) is 28.3. The highest BCUT2D eigenvalue weighted by atomic mass is 16.5. The molecule has 0 radical (unpaired) electrons. The predicted octanol–water partition coefficient (Wildman–Crippen LogP) is 2.17. The Morgan fingerprint density at radius 2 is 1.81 bits per heavy atom. The molecule has 142 valence electrons. The first-order valence-electron chi connectivity index (χ1n) is 9.51. The number of hydrogen-bond donors (Lipinski definition) is 1. The SMILES string of the molecule is COC1(CCC(N)=O)CCCN(C(=O)c2ccc(N3CCCC3)cc2)C1. The van der Waals surface area contributed by atoms with Gasteiger partial charge in [0.1, 0.15) is 0 Å². The van der Waals surface area contributed by atoms with E-state index >= 15 is 0 Å². The Kier molecular flexibility index (Phi) is 5.81. The van der Waals surface area contributed by atoms with E-state index in [1.165, 1.54) is 18.5 Å². The highest BCUT2D eigenvalue weighted by molar-refractivity contribution is 5.94. The van der Waals surface area contributed by atoms with Crippen molar-refractivity contribution in [2.24, 2.45) is 5.73 Å². The van der Waals surface area contributed by atoms with Gasteiger partial charge in [0.2, 0.25) is 5.91 Å². The maximum Gasteiger partial charge on any atom is 0.253 e. The summed E-state index contributed by atoms with van der Waals surface area (Å²) >= 11 is 0. The first kappa shape index (κ1) is 18.7. The molecule has 0 aromatic heterocycles. The third kappa shape index (κ3) is 4.18. The molecule has 0 aliphatic carbocycles. The third-order valence-corrected chi connectivity index (χ3v) is 5.67. The second kappa shape index (κ2) is 8.08. The minimum absolute atomic E-state index is 0.0261. The van der Waals surface area contributed by atoms with Crippen molar-refractivity contribution in [3.63, 3.8) is 0 Å². The van der Waals surface area contributed by atoms with Crippen LogP contribution in [-0.4, -0.2) is 55.6 Å². The smallest absolute Gasteiger partial charge is 0.253 e. The van der Waals surface area contributed by atoms with Crippen LogP contribution in [0.3, 0.4) is 0 Å². The number of methoxy groups -OCH3 is 1. The second-order valence-corrected chi connectivity index (χ2v) is 7.42. The monoisotopic (exact) mass is 359 g/mol. The molecule has 26 heavy (non-hydrogen) atoms. The highest BCUT2D eigenvalue weighted by Gasteiger charge is 2.37. The second-order valence-electron chi connectivity index (χ2n) is 7.42. The number of carbonyl (C=O) groups excluding carboxylic acids is 2. The van der Waals surface area contributed by atoms with E-state index in [9.17, 15) is 9.59 Å². The minimum atomic E-state index is -0.474. The molecule has 2 aliphatic heterocycles. The summed E-state index contributed by atoms with van der Waals surface area (Å²) in [6.45, 7) is 3.41. The molecule has 2 amide bonds. The number of likely N-dealkylation sites (tertiary alicyclic amines) is 1. The molecule has 0 bridgehead atoms. The lowest BCUT2D eigenvalue weighted by Gasteiger charge is -2.42. The third-order valence-electron chi connectivity index (χ3n) is 5.67. The zero-order valence-electron chi connectivity index (χ0n) is 15.6. The summed E-state index contributed by atoms with van der Waals surface area (Å²) in [5.41, 5.74) is 6.71. The molecule has 2 fully saturated rings. The van der Waals surface area contributed by atoms with Crippen LogP contribution in [0.15, 0.2) is 24.3 Å². The number of nitrogens with zero attached hydrogens (tertiary/aromatic N) is 2. The maximum atomic E-state index is 12.9. The van der Waals surface area contributed by atoms with Crippen molar-refractivity contribution in [1.82, 2.24) is 4.90 Å². The number of benzene rings is 1. The van der Waals surface area contributed by atoms with Gasteiger partial charge >= 0.3 is 0 Å². The van der Waals surface area contributed by atoms with Gasteiger partial charge in [-0.3, -0.25) is 9.59 Å². The highest BCUT2D eigenvalue weighted by Crippen LogP contribution is 2.30. The molecule has 6 nitrogen and oxygen atoms in total. The van der Waals surface area contributed by atoms with Crippen LogP contribution in [-0.2, 0) is 9.53 Å². The van der Waals surface area contributed by atoms with Gasteiger partial charge in [0.25, 0.3) is 5.91 Å². The Bertz CT molecular complexity index is 640. The number of primary amides is 1. The number of anilines is 1. The lowest BCUT2D eigenvalue weighted by molar-refractivity contribution is -0.120. The number of hydrogen-bond acceptors (Lipinski definition) is 4. The molecule has 6 heteroatoms. The molecule has 2 aliphatic rings. The van der Waals surface area contributed by atoms with Crippen molar-refractivity contribution in [3.8, 4) is 0 Å². The normalized spacial score (nSPS) is 23.3. The average Bonchev–Trinajstić information content (AvgIpc) is 3.21. The zero-order valence-corrected chi connectivity index (χ0v) is 15.6. The summed E-state index contributed by atoms with van der Waals surface area (Å²) < 4.78 is 5.72. The fraction of sp³-hybridized carbons (Fsp3) is 0.600. The summed E-state index contributed by atoms with van der Waals surface area (Å²) in [6.07, 6.45) is 5.01. The Balaban J connectivity index is 1.67. The van der Waals surface area contributed by atoms with Crippen molar-refractivity contribution in [2.75, 3.05) is 38.2 Å². The maximum absolute atomic E-state index is 12.9. The number of nitrogens with two attached hydrogens (primary N) is 1. The molecule has 0 saturated carbocycles. The van der Waals surface area contributed by atoms with E-state index in [-0.39, 0.29) is 18.2 Å². The molecule has 2 N–H and O–H groups in total. The Labute approximate surface area is 155 Å². The number of amides is 2. The number of ether oxygens (including phenoxy) is 1. The number of piperidine rings is 1. The van der Waals surface area contributed by atoms with Gasteiger partial charge in [-0.2, -0.15) is 0 Å². The molecular weight excluding hydrogens is 330 g/mol. The van der Waals surface area contributed by atoms with Gasteiger partial charge < -0.3 is 20.3 Å². The van der Waals surface area contributed by atoms with Crippen LogP contribution in [0.4, 0.5) is 5.69 Å². The molecule has 1 atom stereocenters. The van der Waals surface area contributed by atoms with Crippen molar-refractivity contribution >= 4 is 17.5 Å². The summed E-state index contributed by atoms with van der Waals surface area (Å²) in [5.74, 6) is -0.305. The van der Waals surface area contributed by atoms with E-state index in [1.807, 2.05) is 29.2 Å². The van der Waals surface area contributed by atoms with Crippen LogP contribution >= 0.6 is 0 Å². The zero-order chi connectivity index (χ0) is 18.6. The predicted molar refractivity (Wildman–Crippen MR) is 101 cm³/mol. The van der Waals surface area contributed by atoms with Gasteiger partial charge in [-0.05, 0) is 56.4 Å². The van der Waals surface area contributed by atoms with E-state index in [0.29, 0.717) is 25.1 Å². The Morgan fingerprint density at radius 1 is 1.12 bits per heavy atom. The van der Waals surface area contributed by atoms with Crippen molar-refractivity contribution < 1.29 is 14.3 Å². The van der Waals surface area contributed by atoms with Crippen LogP contribution in [0.5, 0.6) is 0 Å². The first-order chi connectivity index (χ1) is 12.5. The van der Waals surface area contributed by atoms with Crippen LogP contribution < -0.4 is 10.6 Å². The Morgan fingerprint density at radius 3 is 2.42 bits per heavy atom. The Hall–Kier alpha value is -2.08. The first-order valence-corrected chi connectivity index (χ1v) is 9.51. The van der Waals surface area contributed by atoms with Gasteiger partial charge in [0, 0.05) is 51.0 Å². The molecule has 1 aromatic rings. The van der Waals surface area contributed by atoms with Gasteiger partial charge in [0.05, 0.1) is 5.60 Å². The number of carbonyl (C=O) groups is 2. The van der Waals surface area contributed by atoms with Crippen LogP contribution in [0.2, 0.25) is 0 Å². The summed E-state index contributed by atoms with van der Waals surface area (Å²) in [6, 6.07) is 7.92.